The SMILES string of the molecule is CC1(Br)CCc2cccnc2O1. The fraction of sp³-hybridized carbons (Fsp3) is 0.444. The average molecular weight is 228 g/mol. The first-order chi connectivity index (χ1) is 5.67. The van der Waals surface area contributed by atoms with Gasteiger partial charge in [0, 0.05) is 18.2 Å². The van der Waals surface area contributed by atoms with Gasteiger partial charge in [-0.25, -0.2) is 4.98 Å². The summed E-state index contributed by atoms with van der Waals surface area (Å²) >= 11 is 3.50. The predicted octanol–water partition coefficient (Wildman–Crippen LogP) is 2.52. The third kappa shape index (κ3) is 1.46. The highest BCUT2D eigenvalue weighted by Gasteiger charge is 2.28. The number of halogens is 1. The molecule has 1 atom stereocenters. The highest BCUT2D eigenvalue weighted by Crippen LogP contribution is 2.34. The van der Waals surface area contributed by atoms with Crippen molar-refractivity contribution in [3.8, 4) is 5.88 Å². The van der Waals surface area contributed by atoms with Gasteiger partial charge in [-0.1, -0.05) is 6.07 Å². The van der Waals surface area contributed by atoms with E-state index in [0.29, 0.717) is 0 Å². The van der Waals surface area contributed by atoms with Gasteiger partial charge in [0.2, 0.25) is 5.88 Å². The van der Waals surface area contributed by atoms with Crippen molar-refractivity contribution in [2.45, 2.75) is 24.3 Å². The summed E-state index contributed by atoms with van der Waals surface area (Å²) in [6.45, 7) is 2.02. The molecule has 0 saturated carbocycles. The van der Waals surface area contributed by atoms with Crippen molar-refractivity contribution in [3.63, 3.8) is 0 Å². The molecule has 1 aromatic heterocycles. The lowest BCUT2D eigenvalue weighted by Crippen LogP contribution is -2.29. The molecular formula is C9H10BrNO. The Morgan fingerprint density at radius 3 is 3.33 bits per heavy atom. The van der Waals surface area contributed by atoms with Crippen LogP contribution in [-0.2, 0) is 6.42 Å². The predicted molar refractivity (Wildman–Crippen MR) is 50.5 cm³/mol. The van der Waals surface area contributed by atoms with E-state index in [-0.39, 0.29) is 4.51 Å². The number of alkyl halides is 1. The zero-order valence-electron chi connectivity index (χ0n) is 6.88. The van der Waals surface area contributed by atoms with E-state index in [1.807, 2.05) is 13.0 Å². The van der Waals surface area contributed by atoms with Crippen molar-refractivity contribution in [2.75, 3.05) is 0 Å². The van der Waals surface area contributed by atoms with Crippen LogP contribution in [0.5, 0.6) is 5.88 Å². The van der Waals surface area contributed by atoms with Crippen LogP contribution in [0.4, 0.5) is 0 Å². The summed E-state index contributed by atoms with van der Waals surface area (Å²) in [5, 5.41) is 0. The largest absolute Gasteiger partial charge is 0.459 e. The number of ether oxygens (including phenoxy) is 1. The zero-order valence-corrected chi connectivity index (χ0v) is 8.47. The molecule has 1 aromatic rings. The van der Waals surface area contributed by atoms with Crippen molar-refractivity contribution < 1.29 is 4.74 Å². The van der Waals surface area contributed by atoms with Crippen LogP contribution in [0.3, 0.4) is 0 Å². The summed E-state index contributed by atoms with van der Waals surface area (Å²) in [6, 6.07) is 4.00. The molecule has 0 spiro atoms. The Bertz CT molecular complexity index is 298. The van der Waals surface area contributed by atoms with Gasteiger partial charge in [-0.15, -0.1) is 0 Å². The topological polar surface area (TPSA) is 22.1 Å². The van der Waals surface area contributed by atoms with Gasteiger partial charge in [0.05, 0.1) is 0 Å². The quantitative estimate of drug-likeness (QED) is 0.636. The molecule has 2 heterocycles. The van der Waals surface area contributed by atoms with E-state index in [0.717, 1.165) is 18.7 Å². The number of aromatic nitrogens is 1. The Hall–Kier alpha value is -0.570. The number of fused-ring (bicyclic) bond motifs is 1. The standard InChI is InChI=1S/C9H10BrNO/c1-9(10)5-4-7-3-2-6-11-8(7)12-9/h2-3,6H,4-5H2,1H3. The summed E-state index contributed by atoms with van der Waals surface area (Å²) < 4.78 is 5.40. The van der Waals surface area contributed by atoms with Gasteiger partial charge in [0.25, 0.3) is 0 Å². The Morgan fingerprint density at radius 2 is 2.50 bits per heavy atom. The van der Waals surface area contributed by atoms with Gasteiger partial charge in [-0.3, -0.25) is 0 Å². The Kier molecular flexibility index (Phi) is 1.83. The second-order valence-corrected chi connectivity index (χ2v) is 4.85. The molecule has 1 unspecified atom stereocenters. The molecule has 2 rings (SSSR count). The van der Waals surface area contributed by atoms with Crippen molar-refractivity contribution >= 4 is 15.9 Å². The molecular weight excluding hydrogens is 218 g/mol. The molecule has 0 saturated heterocycles. The van der Waals surface area contributed by atoms with Crippen LogP contribution >= 0.6 is 15.9 Å². The number of pyridine rings is 1. The zero-order chi connectivity index (χ0) is 8.60. The second-order valence-electron chi connectivity index (χ2n) is 3.17. The lowest BCUT2D eigenvalue weighted by molar-refractivity contribution is 0.157. The minimum Gasteiger partial charge on any atom is -0.459 e. The molecule has 12 heavy (non-hydrogen) atoms. The third-order valence-corrected chi connectivity index (χ3v) is 2.56. The minimum absolute atomic E-state index is 0.228. The summed E-state index contributed by atoms with van der Waals surface area (Å²) in [4.78, 5) is 4.16. The molecule has 1 aliphatic heterocycles. The van der Waals surface area contributed by atoms with Gasteiger partial charge >= 0.3 is 0 Å². The average Bonchev–Trinajstić information content (AvgIpc) is 2.02. The third-order valence-electron chi connectivity index (χ3n) is 2.00. The van der Waals surface area contributed by atoms with Gasteiger partial charge in [-0.2, -0.15) is 0 Å². The molecule has 0 aromatic carbocycles. The molecule has 2 nitrogen and oxygen atoms in total. The van der Waals surface area contributed by atoms with Crippen LogP contribution in [0.15, 0.2) is 18.3 Å². The monoisotopic (exact) mass is 227 g/mol. The maximum absolute atomic E-state index is 5.62. The number of aryl methyl sites for hydroxylation is 1. The van der Waals surface area contributed by atoms with E-state index in [1.165, 1.54) is 5.56 Å². The molecule has 3 heteroatoms. The van der Waals surface area contributed by atoms with Crippen molar-refractivity contribution in [2.24, 2.45) is 0 Å². The summed E-state index contributed by atoms with van der Waals surface area (Å²) in [6.07, 6.45) is 3.78. The van der Waals surface area contributed by atoms with Gasteiger partial charge < -0.3 is 4.74 Å². The first-order valence-corrected chi connectivity index (χ1v) is 4.78. The minimum atomic E-state index is -0.228. The number of hydrogen-bond donors (Lipinski definition) is 0. The van der Waals surface area contributed by atoms with Crippen molar-refractivity contribution in [1.29, 1.82) is 0 Å². The van der Waals surface area contributed by atoms with E-state index in [9.17, 15) is 0 Å². The Balaban J connectivity index is 2.35. The van der Waals surface area contributed by atoms with Crippen LogP contribution in [0, 0.1) is 0 Å². The lowest BCUT2D eigenvalue weighted by atomic mass is 10.1. The Morgan fingerprint density at radius 1 is 1.67 bits per heavy atom. The van der Waals surface area contributed by atoms with Gasteiger partial charge in [-0.05, 0) is 35.3 Å². The molecule has 0 bridgehead atoms. The van der Waals surface area contributed by atoms with Gasteiger partial charge in [0.1, 0.15) is 0 Å². The molecule has 0 amide bonds. The van der Waals surface area contributed by atoms with Crippen molar-refractivity contribution in [3.05, 3.63) is 23.9 Å². The molecule has 0 aliphatic carbocycles. The van der Waals surface area contributed by atoms with Gasteiger partial charge in [0.15, 0.2) is 4.51 Å². The fourth-order valence-electron chi connectivity index (χ4n) is 1.32. The van der Waals surface area contributed by atoms with Crippen LogP contribution < -0.4 is 4.74 Å². The molecule has 0 fully saturated rings. The smallest absolute Gasteiger partial charge is 0.217 e. The molecule has 0 N–H and O–H groups in total. The second kappa shape index (κ2) is 2.73. The number of hydrogen-bond acceptors (Lipinski definition) is 2. The lowest BCUT2D eigenvalue weighted by Gasteiger charge is -2.29. The summed E-state index contributed by atoms with van der Waals surface area (Å²) in [5.74, 6) is 0.767. The molecule has 1 aliphatic rings. The maximum atomic E-state index is 5.62. The highest BCUT2D eigenvalue weighted by molar-refractivity contribution is 9.10. The highest BCUT2D eigenvalue weighted by atomic mass is 79.9. The van der Waals surface area contributed by atoms with Crippen LogP contribution in [0.1, 0.15) is 18.9 Å². The van der Waals surface area contributed by atoms with E-state index in [1.54, 1.807) is 6.20 Å². The normalized spacial score (nSPS) is 27.5. The number of nitrogens with zero attached hydrogens (tertiary/aromatic N) is 1. The summed E-state index contributed by atoms with van der Waals surface area (Å²) in [7, 11) is 0. The van der Waals surface area contributed by atoms with Crippen molar-refractivity contribution in [1.82, 2.24) is 4.98 Å². The van der Waals surface area contributed by atoms with Crippen LogP contribution in [-0.4, -0.2) is 9.49 Å². The first kappa shape index (κ1) is 8.05. The van der Waals surface area contributed by atoms with E-state index >= 15 is 0 Å². The van der Waals surface area contributed by atoms with E-state index in [4.69, 9.17) is 4.74 Å². The molecule has 64 valence electrons. The number of rotatable bonds is 0. The fourth-order valence-corrected chi connectivity index (χ4v) is 1.67. The van der Waals surface area contributed by atoms with E-state index < -0.39 is 0 Å². The van der Waals surface area contributed by atoms with E-state index in [2.05, 4.69) is 27.0 Å². The Labute approximate surface area is 80.1 Å². The summed E-state index contributed by atoms with van der Waals surface area (Å²) in [5.41, 5.74) is 1.20. The maximum Gasteiger partial charge on any atom is 0.217 e. The van der Waals surface area contributed by atoms with Crippen LogP contribution in [0.25, 0.3) is 0 Å². The van der Waals surface area contributed by atoms with Crippen LogP contribution in [0.2, 0.25) is 0 Å². The first-order valence-electron chi connectivity index (χ1n) is 3.99. The molecule has 0 radical (unpaired) electrons.